The molecule has 1 N–H and O–H groups in total. The summed E-state index contributed by atoms with van der Waals surface area (Å²) in [6, 6.07) is 17.2. The van der Waals surface area contributed by atoms with E-state index in [1.54, 1.807) is 24.3 Å². The van der Waals surface area contributed by atoms with Gasteiger partial charge in [0.15, 0.2) is 5.71 Å². The van der Waals surface area contributed by atoms with Crippen LogP contribution in [0.2, 0.25) is 0 Å². The lowest BCUT2D eigenvalue weighted by molar-refractivity contribution is -0.129. The van der Waals surface area contributed by atoms with E-state index in [9.17, 15) is 9.90 Å². The predicted molar refractivity (Wildman–Crippen MR) is 122 cm³/mol. The van der Waals surface area contributed by atoms with Crippen molar-refractivity contribution in [3.8, 4) is 0 Å². The smallest absolute Gasteiger partial charge is 0.358 e. The van der Waals surface area contributed by atoms with Crippen LogP contribution in [0.5, 0.6) is 0 Å². The predicted octanol–water partition coefficient (Wildman–Crippen LogP) is 4.21. The Hall–Kier alpha value is -3.68. The maximum atomic E-state index is 11.6. The van der Waals surface area contributed by atoms with E-state index >= 15 is 0 Å². The number of rotatable bonds is 11. The summed E-state index contributed by atoms with van der Waals surface area (Å²) >= 11 is 0. The molecule has 2 aromatic rings. The second-order valence-electron chi connectivity index (χ2n) is 7.27. The molecule has 8 heteroatoms. The third-order valence-electron chi connectivity index (χ3n) is 5.24. The Morgan fingerprint density at radius 2 is 1.69 bits per heavy atom. The Labute approximate surface area is 187 Å². The largest absolute Gasteiger partial charge is 0.476 e. The van der Waals surface area contributed by atoms with Crippen molar-refractivity contribution < 1.29 is 24.4 Å². The zero-order chi connectivity index (χ0) is 22.9. The third kappa shape index (κ3) is 5.51. The summed E-state index contributed by atoms with van der Waals surface area (Å²) in [5.74, 6) is -0.648. The lowest BCUT2D eigenvalue weighted by Gasteiger charge is -2.10. The van der Waals surface area contributed by atoms with Gasteiger partial charge >= 0.3 is 5.97 Å². The van der Waals surface area contributed by atoms with Gasteiger partial charge in [0.05, 0.1) is 0 Å². The summed E-state index contributed by atoms with van der Waals surface area (Å²) < 4.78 is 0. The minimum absolute atomic E-state index is 0.0718. The molecule has 1 aliphatic carbocycles. The zero-order valence-corrected chi connectivity index (χ0v) is 18.4. The number of aliphatic carboxylic acids is 1. The number of carbonyl (C=O) groups is 1. The lowest BCUT2D eigenvalue weighted by Crippen LogP contribution is -2.19. The van der Waals surface area contributed by atoms with Gasteiger partial charge in [-0.1, -0.05) is 77.0 Å². The number of carboxylic acids is 1. The summed E-state index contributed by atoms with van der Waals surface area (Å²) in [5, 5.41) is 21.7. The van der Waals surface area contributed by atoms with Crippen molar-refractivity contribution in [3.05, 3.63) is 71.3 Å². The molecule has 1 aliphatic rings. The molecule has 2 unspecified atom stereocenters. The highest BCUT2D eigenvalue weighted by atomic mass is 16.6. The van der Waals surface area contributed by atoms with E-state index < -0.39 is 5.97 Å². The van der Waals surface area contributed by atoms with Gasteiger partial charge in [-0.05, 0) is 24.3 Å². The van der Waals surface area contributed by atoms with Gasteiger partial charge in [0.1, 0.15) is 32.2 Å². The molecule has 0 aromatic heterocycles. The molecule has 0 bridgehead atoms. The molecule has 0 radical (unpaired) electrons. The van der Waals surface area contributed by atoms with Crippen LogP contribution in [-0.4, -0.2) is 42.4 Å². The molecule has 1 saturated carbocycles. The highest BCUT2D eigenvalue weighted by Crippen LogP contribution is 2.48. The minimum Gasteiger partial charge on any atom is -0.476 e. The van der Waals surface area contributed by atoms with E-state index in [-0.39, 0.29) is 18.2 Å². The lowest BCUT2D eigenvalue weighted by atomic mass is 10.0. The number of carboxylic acid groups (broad SMARTS) is 1. The van der Waals surface area contributed by atoms with E-state index in [1.807, 2.05) is 25.1 Å². The number of oxime groups is 3. The number of benzene rings is 2. The van der Waals surface area contributed by atoms with Gasteiger partial charge < -0.3 is 19.6 Å². The Kier molecular flexibility index (Phi) is 7.96. The highest BCUT2D eigenvalue weighted by molar-refractivity contribution is 6.43. The molecule has 0 spiro atoms. The monoisotopic (exact) mass is 437 g/mol. The summed E-state index contributed by atoms with van der Waals surface area (Å²) in [5.41, 5.74) is 3.59. The first kappa shape index (κ1) is 23.0. The van der Waals surface area contributed by atoms with Gasteiger partial charge in [0, 0.05) is 17.0 Å². The Bertz CT molecular complexity index is 1020. The van der Waals surface area contributed by atoms with Gasteiger partial charge in [0.25, 0.3) is 0 Å². The van der Waals surface area contributed by atoms with Crippen LogP contribution >= 0.6 is 0 Å². The fourth-order valence-electron chi connectivity index (χ4n) is 3.65. The molecule has 2 aromatic carbocycles. The van der Waals surface area contributed by atoms with Crippen molar-refractivity contribution in [1.82, 2.24) is 0 Å². The highest BCUT2D eigenvalue weighted by Gasteiger charge is 2.44. The molecule has 0 heterocycles. The van der Waals surface area contributed by atoms with E-state index in [0.717, 1.165) is 17.8 Å². The molecule has 0 aliphatic heterocycles. The molecule has 168 valence electrons. The van der Waals surface area contributed by atoms with Gasteiger partial charge in [-0.3, -0.25) is 0 Å². The van der Waals surface area contributed by atoms with Crippen LogP contribution in [0.25, 0.3) is 0 Å². The molecule has 2 atom stereocenters. The Balaban J connectivity index is 1.83. The average Bonchev–Trinajstić information content (AvgIpc) is 3.60. The van der Waals surface area contributed by atoms with Crippen molar-refractivity contribution in [2.45, 2.75) is 32.3 Å². The fourth-order valence-corrected chi connectivity index (χ4v) is 3.65. The second-order valence-corrected chi connectivity index (χ2v) is 7.27. The summed E-state index contributed by atoms with van der Waals surface area (Å²) in [6.07, 6.45) is 1.60. The van der Waals surface area contributed by atoms with Crippen LogP contribution in [-0.2, 0) is 25.9 Å². The first-order chi connectivity index (χ1) is 15.6. The van der Waals surface area contributed by atoms with Crippen LogP contribution in [0.4, 0.5) is 0 Å². The van der Waals surface area contributed by atoms with Crippen molar-refractivity contribution in [2.75, 3.05) is 14.2 Å². The number of hydrogen-bond acceptors (Lipinski definition) is 7. The van der Waals surface area contributed by atoms with Crippen LogP contribution in [0.3, 0.4) is 0 Å². The Morgan fingerprint density at radius 1 is 1.00 bits per heavy atom. The SMILES string of the molecule is CCC(=N\OC)/C(=N/OCc1ccccc1/C(=N/OC)C(=O)O)C1CC1c1ccccc1. The maximum Gasteiger partial charge on any atom is 0.358 e. The topological polar surface area (TPSA) is 102 Å². The van der Waals surface area contributed by atoms with Gasteiger partial charge in [-0.25, -0.2) is 4.79 Å². The molecule has 0 saturated heterocycles. The normalized spacial score (nSPS) is 18.8. The molecule has 32 heavy (non-hydrogen) atoms. The molecule has 0 amide bonds. The van der Waals surface area contributed by atoms with Crippen molar-refractivity contribution in [1.29, 1.82) is 0 Å². The number of nitrogens with zero attached hydrogens (tertiary/aromatic N) is 3. The molecular weight excluding hydrogens is 410 g/mol. The van der Waals surface area contributed by atoms with Crippen LogP contribution < -0.4 is 0 Å². The van der Waals surface area contributed by atoms with Gasteiger partial charge in [-0.2, -0.15) is 0 Å². The van der Waals surface area contributed by atoms with Crippen molar-refractivity contribution in [2.24, 2.45) is 21.4 Å². The first-order valence-electron chi connectivity index (χ1n) is 10.4. The minimum atomic E-state index is -1.19. The van der Waals surface area contributed by atoms with E-state index in [4.69, 9.17) is 14.5 Å². The van der Waals surface area contributed by atoms with Crippen LogP contribution in [0.1, 0.15) is 42.4 Å². The van der Waals surface area contributed by atoms with E-state index in [0.29, 0.717) is 23.5 Å². The zero-order valence-electron chi connectivity index (χ0n) is 18.4. The maximum absolute atomic E-state index is 11.6. The van der Waals surface area contributed by atoms with Gasteiger partial charge in [0.2, 0.25) is 0 Å². The van der Waals surface area contributed by atoms with Crippen molar-refractivity contribution in [3.63, 3.8) is 0 Å². The second kappa shape index (κ2) is 11.1. The fraction of sp³-hybridized carbons (Fsp3) is 0.333. The molecule has 3 rings (SSSR count). The Morgan fingerprint density at radius 3 is 2.34 bits per heavy atom. The van der Waals surface area contributed by atoms with E-state index in [1.165, 1.54) is 19.8 Å². The quantitative estimate of drug-likeness (QED) is 0.419. The van der Waals surface area contributed by atoms with E-state index in [2.05, 4.69) is 27.6 Å². The molecular formula is C24H27N3O5. The third-order valence-corrected chi connectivity index (χ3v) is 5.24. The summed E-state index contributed by atoms with van der Waals surface area (Å²) in [4.78, 5) is 27.0. The summed E-state index contributed by atoms with van der Waals surface area (Å²) in [7, 11) is 2.81. The molecule has 8 nitrogen and oxygen atoms in total. The average molecular weight is 437 g/mol. The first-order valence-corrected chi connectivity index (χ1v) is 10.4. The standard InChI is InChI=1S/C24H27N3O5/c1-4-21(25-30-2)22(20-14-19(20)16-10-6-5-7-11-16)27-32-15-17-12-8-9-13-18(17)23(24(28)29)26-31-3/h5-13,19-20H,4,14-15H2,1-3H3,(H,28,29)/b25-21+,26-23-,27-22+. The van der Waals surface area contributed by atoms with Crippen molar-refractivity contribution >= 4 is 23.1 Å². The van der Waals surface area contributed by atoms with Crippen LogP contribution in [0.15, 0.2) is 70.1 Å². The van der Waals surface area contributed by atoms with Gasteiger partial charge in [-0.15, -0.1) is 0 Å². The number of hydrogen-bond donors (Lipinski definition) is 1. The van der Waals surface area contributed by atoms with Crippen LogP contribution in [0, 0.1) is 5.92 Å². The molecule has 1 fully saturated rings. The summed E-state index contributed by atoms with van der Waals surface area (Å²) in [6.45, 7) is 2.06.